The van der Waals surface area contributed by atoms with Crippen molar-refractivity contribution in [2.75, 3.05) is 0 Å². The van der Waals surface area contributed by atoms with Gasteiger partial charge in [0, 0.05) is 0 Å². The van der Waals surface area contributed by atoms with E-state index in [0.717, 1.165) is 28.0 Å². The van der Waals surface area contributed by atoms with Gasteiger partial charge >= 0.3 is 5.97 Å². The van der Waals surface area contributed by atoms with Crippen LogP contribution in [-0.4, -0.2) is 11.1 Å². The van der Waals surface area contributed by atoms with Gasteiger partial charge in [0.1, 0.15) is 12.4 Å². The second-order valence-electron chi connectivity index (χ2n) is 5.31. The first-order chi connectivity index (χ1) is 9.99. The summed E-state index contributed by atoms with van der Waals surface area (Å²) in [4.78, 5) is 10.9. The third kappa shape index (κ3) is 3.63. The van der Waals surface area contributed by atoms with Crippen molar-refractivity contribution in [2.24, 2.45) is 0 Å². The van der Waals surface area contributed by atoms with E-state index in [9.17, 15) is 4.79 Å². The van der Waals surface area contributed by atoms with Crippen LogP contribution < -0.4 is 4.74 Å². The second kappa shape index (κ2) is 6.44. The molecule has 2 aromatic rings. The molecule has 21 heavy (non-hydrogen) atoms. The van der Waals surface area contributed by atoms with E-state index in [1.54, 1.807) is 6.92 Å². The zero-order chi connectivity index (χ0) is 15.4. The summed E-state index contributed by atoms with van der Waals surface area (Å²) in [5, 5.41) is 8.99. The number of carboxylic acids is 1. The van der Waals surface area contributed by atoms with Crippen molar-refractivity contribution < 1.29 is 14.6 Å². The van der Waals surface area contributed by atoms with E-state index in [1.165, 1.54) is 0 Å². The minimum Gasteiger partial charge on any atom is -0.488 e. The maximum absolute atomic E-state index is 10.9. The predicted octanol–water partition coefficient (Wildman–Crippen LogP) is 4.07. The molecule has 1 N–H and O–H groups in total. The third-order valence-electron chi connectivity index (χ3n) is 3.64. The van der Waals surface area contributed by atoms with Gasteiger partial charge in [-0.05, 0) is 43.0 Å². The molecule has 0 fully saturated rings. The van der Waals surface area contributed by atoms with Crippen LogP contribution >= 0.6 is 0 Å². The number of carboxylic acid groups (broad SMARTS) is 1. The first-order valence-corrected chi connectivity index (χ1v) is 6.99. The highest BCUT2D eigenvalue weighted by molar-refractivity contribution is 5.75. The lowest BCUT2D eigenvalue weighted by Crippen LogP contribution is -2.07. The quantitative estimate of drug-likeness (QED) is 0.900. The van der Waals surface area contributed by atoms with Crippen LogP contribution in [0.5, 0.6) is 5.75 Å². The third-order valence-corrected chi connectivity index (χ3v) is 3.64. The molecule has 1 atom stereocenters. The molecule has 1 unspecified atom stereocenters. The molecule has 2 aromatic carbocycles. The summed E-state index contributed by atoms with van der Waals surface area (Å²) in [6.45, 7) is 6.22. The van der Waals surface area contributed by atoms with Gasteiger partial charge in [0.2, 0.25) is 0 Å². The summed E-state index contributed by atoms with van der Waals surface area (Å²) >= 11 is 0. The van der Waals surface area contributed by atoms with Crippen LogP contribution in [0.2, 0.25) is 0 Å². The number of rotatable bonds is 5. The van der Waals surface area contributed by atoms with Gasteiger partial charge in [-0.15, -0.1) is 0 Å². The van der Waals surface area contributed by atoms with Crippen LogP contribution in [0.4, 0.5) is 0 Å². The summed E-state index contributed by atoms with van der Waals surface area (Å²) in [5.74, 6) is -0.381. The molecule has 0 amide bonds. The lowest BCUT2D eigenvalue weighted by atomic mass is 10.0. The largest absolute Gasteiger partial charge is 0.488 e. The fourth-order valence-electron chi connectivity index (χ4n) is 2.23. The standard InChI is InChI=1S/C18H20O3/c1-12-5-4-6-13(2)17(12)21-11-15-7-9-16(10-8-15)14(3)18(19)20/h4-10,14H,11H2,1-3H3,(H,19,20). The minimum absolute atomic E-state index is 0.480. The highest BCUT2D eigenvalue weighted by atomic mass is 16.5. The van der Waals surface area contributed by atoms with Crippen molar-refractivity contribution in [3.05, 3.63) is 64.7 Å². The summed E-state index contributed by atoms with van der Waals surface area (Å²) < 4.78 is 5.89. The average Bonchev–Trinajstić information content (AvgIpc) is 2.46. The maximum atomic E-state index is 10.9. The van der Waals surface area contributed by atoms with Crippen LogP contribution in [0, 0.1) is 13.8 Å². The van der Waals surface area contributed by atoms with Gasteiger partial charge in [-0.25, -0.2) is 0 Å². The fraction of sp³-hybridized carbons (Fsp3) is 0.278. The van der Waals surface area contributed by atoms with Crippen LogP contribution in [0.3, 0.4) is 0 Å². The normalized spacial score (nSPS) is 12.0. The fourth-order valence-corrected chi connectivity index (χ4v) is 2.23. The smallest absolute Gasteiger partial charge is 0.310 e. The molecule has 0 radical (unpaired) electrons. The summed E-state index contributed by atoms with van der Waals surface area (Å²) in [6, 6.07) is 13.6. The Kier molecular flexibility index (Phi) is 4.63. The Morgan fingerprint density at radius 3 is 2.19 bits per heavy atom. The van der Waals surface area contributed by atoms with Crippen molar-refractivity contribution in [3.63, 3.8) is 0 Å². The number of carbonyl (C=O) groups is 1. The Morgan fingerprint density at radius 2 is 1.67 bits per heavy atom. The highest BCUT2D eigenvalue weighted by Gasteiger charge is 2.13. The molecule has 0 aliphatic carbocycles. The van der Waals surface area contributed by atoms with Crippen molar-refractivity contribution in [3.8, 4) is 5.75 Å². The molecular weight excluding hydrogens is 264 g/mol. The molecule has 3 nitrogen and oxygen atoms in total. The van der Waals surface area contributed by atoms with E-state index >= 15 is 0 Å². The molecule has 2 rings (SSSR count). The molecule has 0 bridgehead atoms. The lowest BCUT2D eigenvalue weighted by Gasteiger charge is -2.12. The van der Waals surface area contributed by atoms with Crippen LogP contribution in [0.15, 0.2) is 42.5 Å². The average molecular weight is 284 g/mol. The molecule has 0 aromatic heterocycles. The number of aliphatic carboxylic acids is 1. The number of hydrogen-bond acceptors (Lipinski definition) is 2. The van der Waals surface area contributed by atoms with Gasteiger partial charge < -0.3 is 9.84 Å². The van der Waals surface area contributed by atoms with Crippen LogP contribution in [0.25, 0.3) is 0 Å². The zero-order valence-electron chi connectivity index (χ0n) is 12.6. The van der Waals surface area contributed by atoms with Gasteiger partial charge in [-0.1, -0.05) is 42.5 Å². The van der Waals surface area contributed by atoms with E-state index in [1.807, 2.05) is 56.3 Å². The van der Waals surface area contributed by atoms with Gasteiger partial charge in [0.05, 0.1) is 5.92 Å². The first kappa shape index (κ1) is 15.1. The molecule has 0 saturated heterocycles. The van der Waals surface area contributed by atoms with Crippen molar-refractivity contribution in [1.82, 2.24) is 0 Å². The van der Waals surface area contributed by atoms with E-state index in [4.69, 9.17) is 9.84 Å². The van der Waals surface area contributed by atoms with E-state index in [0.29, 0.717) is 6.61 Å². The van der Waals surface area contributed by atoms with Gasteiger partial charge in [-0.2, -0.15) is 0 Å². The number of para-hydroxylation sites is 1. The Hall–Kier alpha value is -2.29. The Balaban J connectivity index is 2.06. The highest BCUT2D eigenvalue weighted by Crippen LogP contribution is 2.24. The SMILES string of the molecule is Cc1cccc(C)c1OCc1ccc(C(C)C(=O)O)cc1. The zero-order valence-corrected chi connectivity index (χ0v) is 12.6. The minimum atomic E-state index is -0.811. The summed E-state index contributed by atoms with van der Waals surface area (Å²) in [7, 11) is 0. The molecular formula is C18H20O3. The number of aryl methyl sites for hydroxylation is 2. The van der Waals surface area contributed by atoms with Gasteiger partial charge in [-0.3, -0.25) is 4.79 Å². The molecule has 110 valence electrons. The van der Waals surface area contributed by atoms with E-state index in [2.05, 4.69) is 0 Å². The molecule has 0 aliphatic rings. The van der Waals surface area contributed by atoms with Crippen molar-refractivity contribution in [1.29, 1.82) is 0 Å². The Bertz CT molecular complexity index is 609. The van der Waals surface area contributed by atoms with Gasteiger partial charge in [0.25, 0.3) is 0 Å². The summed E-state index contributed by atoms with van der Waals surface area (Å²) in [6.07, 6.45) is 0. The molecule has 0 saturated carbocycles. The van der Waals surface area contributed by atoms with E-state index < -0.39 is 11.9 Å². The van der Waals surface area contributed by atoms with Crippen molar-refractivity contribution >= 4 is 5.97 Å². The molecule has 0 aliphatic heterocycles. The Labute approximate surface area is 125 Å². The first-order valence-electron chi connectivity index (χ1n) is 6.99. The Morgan fingerprint density at radius 1 is 1.10 bits per heavy atom. The maximum Gasteiger partial charge on any atom is 0.310 e. The van der Waals surface area contributed by atoms with Crippen LogP contribution in [0.1, 0.15) is 35.1 Å². The topological polar surface area (TPSA) is 46.5 Å². The summed E-state index contributed by atoms with van der Waals surface area (Å²) in [5.41, 5.74) is 4.06. The number of benzene rings is 2. The lowest BCUT2D eigenvalue weighted by molar-refractivity contribution is -0.138. The van der Waals surface area contributed by atoms with E-state index in [-0.39, 0.29) is 0 Å². The van der Waals surface area contributed by atoms with Crippen LogP contribution in [-0.2, 0) is 11.4 Å². The number of hydrogen-bond donors (Lipinski definition) is 1. The predicted molar refractivity (Wildman–Crippen MR) is 82.7 cm³/mol. The molecule has 0 heterocycles. The monoisotopic (exact) mass is 284 g/mol. The van der Waals surface area contributed by atoms with Crippen molar-refractivity contribution in [2.45, 2.75) is 33.3 Å². The molecule has 3 heteroatoms. The number of ether oxygens (including phenoxy) is 1. The second-order valence-corrected chi connectivity index (χ2v) is 5.31. The van der Waals surface area contributed by atoms with Gasteiger partial charge in [0.15, 0.2) is 0 Å². The molecule has 0 spiro atoms.